The lowest BCUT2D eigenvalue weighted by Crippen LogP contribution is -2.41. The molecule has 0 fully saturated rings. The molecule has 2 rings (SSSR count). The van der Waals surface area contributed by atoms with Crippen molar-refractivity contribution in [2.75, 3.05) is 20.8 Å². The average Bonchev–Trinajstić information content (AvgIpc) is 3.22. The zero-order valence-electron chi connectivity index (χ0n) is 17.1. The van der Waals surface area contributed by atoms with Crippen LogP contribution in [0.25, 0.3) is 0 Å². The van der Waals surface area contributed by atoms with E-state index in [0.29, 0.717) is 24.0 Å². The summed E-state index contributed by atoms with van der Waals surface area (Å²) in [5.74, 6) is -0.178. The number of carbonyl (C=O) groups is 2. The second-order valence-electron chi connectivity index (χ2n) is 6.56. The highest BCUT2D eigenvalue weighted by atomic mass is 32.2. The fraction of sp³-hybridized carbons (Fsp3) is 0.368. The molecule has 1 aromatic carbocycles. The van der Waals surface area contributed by atoms with Crippen LogP contribution in [0.1, 0.15) is 40.3 Å². The number of hydrazine groups is 1. The maximum Gasteiger partial charge on any atom is 0.349 e. The number of amides is 1. The maximum absolute atomic E-state index is 12.4. The number of benzene rings is 1. The largest absolute Gasteiger partial charge is 0.493 e. The SMILES string of the molecule is COC(=O)c1sccc1S(=O)(=O)NNC(=O)c1ccc(OCCC(C)C)c(OC)c1. The molecule has 0 radical (unpaired) electrons. The summed E-state index contributed by atoms with van der Waals surface area (Å²) in [6.07, 6.45) is 0.864. The van der Waals surface area contributed by atoms with Crippen molar-refractivity contribution >= 4 is 33.2 Å². The van der Waals surface area contributed by atoms with Crippen LogP contribution in [-0.2, 0) is 14.8 Å². The van der Waals surface area contributed by atoms with Gasteiger partial charge in [-0.15, -0.1) is 16.2 Å². The lowest BCUT2D eigenvalue weighted by molar-refractivity contribution is 0.0602. The third-order valence-electron chi connectivity index (χ3n) is 3.97. The number of ether oxygens (including phenoxy) is 3. The number of rotatable bonds is 10. The highest BCUT2D eigenvalue weighted by molar-refractivity contribution is 7.89. The van der Waals surface area contributed by atoms with Crippen LogP contribution in [0, 0.1) is 5.92 Å². The molecule has 0 spiro atoms. The highest BCUT2D eigenvalue weighted by Crippen LogP contribution is 2.28. The predicted octanol–water partition coefficient (Wildman–Crippen LogP) is 2.59. The Kier molecular flexibility index (Phi) is 8.21. The topological polar surface area (TPSA) is 120 Å². The van der Waals surface area contributed by atoms with E-state index in [4.69, 9.17) is 9.47 Å². The number of thiophene rings is 1. The molecule has 0 atom stereocenters. The number of hydrogen-bond donors (Lipinski definition) is 2. The third-order valence-corrected chi connectivity index (χ3v) is 6.28. The van der Waals surface area contributed by atoms with Gasteiger partial charge in [-0.2, -0.15) is 0 Å². The normalized spacial score (nSPS) is 11.2. The Bertz CT molecular complexity index is 1000. The molecule has 2 N–H and O–H groups in total. The Hall–Kier alpha value is -2.63. The van der Waals surface area contributed by atoms with Gasteiger partial charge in [0.2, 0.25) is 0 Å². The van der Waals surface area contributed by atoms with Crippen LogP contribution in [0.15, 0.2) is 34.5 Å². The summed E-state index contributed by atoms with van der Waals surface area (Å²) in [6, 6.07) is 5.76. The molecule has 2 aromatic rings. The molecule has 1 aromatic heterocycles. The van der Waals surface area contributed by atoms with Gasteiger partial charge in [0.05, 0.1) is 20.8 Å². The lowest BCUT2D eigenvalue weighted by Gasteiger charge is -2.13. The van der Waals surface area contributed by atoms with Crippen LogP contribution in [0.2, 0.25) is 0 Å². The van der Waals surface area contributed by atoms with E-state index in [9.17, 15) is 18.0 Å². The Morgan fingerprint density at radius 2 is 1.87 bits per heavy atom. The minimum absolute atomic E-state index is 0.0937. The first kappa shape index (κ1) is 23.6. The van der Waals surface area contributed by atoms with Gasteiger partial charge in [-0.1, -0.05) is 13.8 Å². The summed E-state index contributed by atoms with van der Waals surface area (Å²) in [7, 11) is -1.58. The minimum atomic E-state index is -4.18. The van der Waals surface area contributed by atoms with E-state index < -0.39 is 21.9 Å². The molecule has 1 amide bonds. The van der Waals surface area contributed by atoms with Gasteiger partial charge in [-0.3, -0.25) is 10.2 Å². The van der Waals surface area contributed by atoms with E-state index in [1.807, 2.05) is 4.83 Å². The molecule has 0 saturated heterocycles. The van der Waals surface area contributed by atoms with Gasteiger partial charge in [0.15, 0.2) is 11.5 Å². The van der Waals surface area contributed by atoms with Crippen LogP contribution in [-0.4, -0.2) is 41.1 Å². The van der Waals surface area contributed by atoms with Gasteiger partial charge < -0.3 is 14.2 Å². The summed E-state index contributed by atoms with van der Waals surface area (Å²) in [4.78, 5) is 25.7. The van der Waals surface area contributed by atoms with Crippen molar-refractivity contribution in [1.82, 2.24) is 10.3 Å². The molecular weight excluding hydrogens is 432 g/mol. The van der Waals surface area contributed by atoms with Crippen molar-refractivity contribution in [2.24, 2.45) is 5.92 Å². The van der Waals surface area contributed by atoms with Crippen molar-refractivity contribution in [2.45, 2.75) is 25.2 Å². The quantitative estimate of drug-likeness (QED) is 0.416. The van der Waals surface area contributed by atoms with E-state index >= 15 is 0 Å². The van der Waals surface area contributed by atoms with Gasteiger partial charge in [0.1, 0.15) is 9.77 Å². The molecule has 1 heterocycles. The second-order valence-corrected chi connectivity index (χ2v) is 9.13. The standard InChI is InChI=1S/C19H24N2O7S2/c1-12(2)7-9-28-14-6-5-13(11-15(14)26-3)18(22)20-21-30(24,25)16-8-10-29-17(16)19(23)27-4/h5-6,8,10-12,21H,7,9H2,1-4H3,(H,20,22). The highest BCUT2D eigenvalue weighted by Gasteiger charge is 2.25. The maximum atomic E-state index is 12.4. The number of carbonyl (C=O) groups excluding carboxylic acids is 2. The first-order chi connectivity index (χ1) is 14.2. The number of sulfonamides is 1. The van der Waals surface area contributed by atoms with Crippen molar-refractivity contribution in [3.63, 3.8) is 0 Å². The smallest absolute Gasteiger partial charge is 0.349 e. The van der Waals surface area contributed by atoms with Gasteiger partial charge in [0, 0.05) is 5.56 Å². The van der Waals surface area contributed by atoms with E-state index in [1.54, 1.807) is 6.07 Å². The van der Waals surface area contributed by atoms with E-state index in [1.165, 1.54) is 30.7 Å². The van der Waals surface area contributed by atoms with Crippen LogP contribution in [0.5, 0.6) is 11.5 Å². The van der Waals surface area contributed by atoms with Crippen molar-refractivity contribution in [3.8, 4) is 11.5 Å². The van der Waals surface area contributed by atoms with Crippen LogP contribution < -0.4 is 19.7 Å². The second kappa shape index (κ2) is 10.4. The first-order valence-electron chi connectivity index (χ1n) is 8.98. The third kappa shape index (κ3) is 5.94. The zero-order chi connectivity index (χ0) is 22.3. The Balaban J connectivity index is 2.09. The molecule has 0 saturated carbocycles. The van der Waals surface area contributed by atoms with E-state index in [2.05, 4.69) is 24.0 Å². The fourth-order valence-corrected chi connectivity index (χ4v) is 4.50. The Morgan fingerprint density at radius 1 is 1.13 bits per heavy atom. The summed E-state index contributed by atoms with van der Waals surface area (Å²) in [6.45, 7) is 4.67. The molecular formula is C19H24N2O7S2. The van der Waals surface area contributed by atoms with Crippen LogP contribution in [0.3, 0.4) is 0 Å². The fourth-order valence-electron chi connectivity index (χ4n) is 2.32. The van der Waals surface area contributed by atoms with Crippen LogP contribution in [0.4, 0.5) is 0 Å². The van der Waals surface area contributed by atoms with E-state index in [-0.39, 0.29) is 15.3 Å². The van der Waals surface area contributed by atoms with Crippen LogP contribution >= 0.6 is 11.3 Å². The minimum Gasteiger partial charge on any atom is -0.493 e. The van der Waals surface area contributed by atoms with Gasteiger partial charge >= 0.3 is 5.97 Å². The summed E-state index contributed by atoms with van der Waals surface area (Å²) in [5.41, 5.74) is 2.28. The molecule has 0 aliphatic heterocycles. The van der Waals surface area contributed by atoms with Crippen molar-refractivity contribution in [1.29, 1.82) is 0 Å². The average molecular weight is 457 g/mol. The number of methoxy groups -OCH3 is 2. The van der Waals surface area contributed by atoms with Gasteiger partial charge in [0.25, 0.3) is 15.9 Å². The van der Waals surface area contributed by atoms with Crippen molar-refractivity contribution < 1.29 is 32.2 Å². The first-order valence-corrected chi connectivity index (χ1v) is 11.3. The molecule has 11 heteroatoms. The number of esters is 1. The molecule has 0 bridgehead atoms. The Morgan fingerprint density at radius 3 is 2.50 bits per heavy atom. The zero-order valence-corrected chi connectivity index (χ0v) is 18.7. The lowest BCUT2D eigenvalue weighted by atomic mass is 10.1. The number of hydrogen-bond acceptors (Lipinski definition) is 8. The molecule has 0 unspecified atom stereocenters. The molecule has 164 valence electrons. The molecule has 9 nitrogen and oxygen atoms in total. The van der Waals surface area contributed by atoms with Crippen molar-refractivity contribution in [3.05, 3.63) is 40.1 Å². The molecule has 0 aliphatic rings. The molecule has 0 aliphatic carbocycles. The van der Waals surface area contributed by atoms with Gasteiger partial charge in [-0.05, 0) is 42.0 Å². The summed E-state index contributed by atoms with van der Waals surface area (Å²) < 4.78 is 40.4. The summed E-state index contributed by atoms with van der Waals surface area (Å²) >= 11 is 0.918. The number of nitrogens with one attached hydrogen (secondary N) is 2. The summed E-state index contributed by atoms with van der Waals surface area (Å²) in [5, 5.41) is 1.44. The monoisotopic (exact) mass is 456 g/mol. The predicted molar refractivity (Wildman–Crippen MR) is 111 cm³/mol. The van der Waals surface area contributed by atoms with E-state index in [0.717, 1.165) is 24.9 Å². The molecule has 30 heavy (non-hydrogen) atoms. The van der Waals surface area contributed by atoms with Gasteiger partial charge in [-0.25, -0.2) is 13.2 Å². The Labute approximate surface area is 179 Å².